The van der Waals surface area contributed by atoms with Crippen LogP contribution in [0.4, 0.5) is 14.5 Å². The average Bonchev–Trinajstić information content (AvgIpc) is 2.55. The Morgan fingerprint density at radius 2 is 1.36 bits per heavy atom. The summed E-state index contributed by atoms with van der Waals surface area (Å²) in [5.74, 6) is -3.78. The minimum atomic E-state index is -4.74. The summed E-state index contributed by atoms with van der Waals surface area (Å²) in [4.78, 5) is 10.5. The molecule has 1 N–H and O–H groups in total. The molecular formula is C15H13F2NO5S2. The van der Waals surface area contributed by atoms with Crippen LogP contribution in [0.25, 0.3) is 0 Å². The van der Waals surface area contributed by atoms with Gasteiger partial charge in [-0.1, -0.05) is 12.1 Å². The molecule has 0 amide bonds. The van der Waals surface area contributed by atoms with E-state index >= 15 is 0 Å². The Hall–Kier alpha value is -2.33. The van der Waals surface area contributed by atoms with Crippen molar-refractivity contribution in [2.45, 2.75) is 22.5 Å². The standard InChI is InChI=1S/C15H13F2NO5S2/c1-10(19)11-2-6-14(7-3-11)25(22,23)18-12-4-8-13(9-5-12)24(20,21)15(16)17/h2-9,15,18H,1H3. The van der Waals surface area contributed by atoms with Crippen molar-refractivity contribution in [3.63, 3.8) is 0 Å². The number of hydrogen-bond acceptors (Lipinski definition) is 5. The van der Waals surface area contributed by atoms with Crippen LogP contribution in [0.5, 0.6) is 0 Å². The highest BCUT2D eigenvalue weighted by atomic mass is 32.2. The Bertz CT molecular complexity index is 983. The van der Waals surface area contributed by atoms with E-state index in [1.54, 1.807) is 0 Å². The van der Waals surface area contributed by atoms with Crippen molar-refractivity contribution in [3.8, 4) is 0 Å². The van der Waals surface area contributed by atoms with Crippen LogP contribution in [0.3, 0.4) is 0 Å². The number of sulfonamides is 1. The number of halogens is 2. The fraction of sp³-hybridized carbons (Fsp3) is 0.133. The quantitative estimate of drug-likeness (QED) is 0.766. The van der Waals surface area contributed by atoms with Gasteiger partial charge in [0.25, 0.3) is 10.0 Å². The molecule has 2 aromatic rings. The minimum absolute atomic E-state index is 0.00357. The fourth-order valence-corrected chi connectivity index (χ4v) is 3.68. The molecule has 25 heavy (non-hydrogen) atoms. The summed E-state index contributed by atoms with van der Waals surface area (Å²) < 4.78 is 74.2. The Kier molecular flexibility index (Phi) is 5.23. The maximum Gasteiger partial charge on any atom is 0.341 e. The summed E-state index contributed by atoms with van der Waals surface area (Å²) in [5.41, 5.74) is 0.351. The Morgan fingerprint density at radius 1 is 0.880 bits per heavy atom. The molecule has 2 rings (SSSR count). The van der Waals surface area contributed by atoms with Crippen molar-refractivity contribution in [2.24, 2.45) is 0 Å². The molecule has 0 saturated heterocycles. The summed E-state index contributed by atoms with van der Waals surface area (Å²) in [6.07, 6.45) is 0. The second kappa shape index (κ2) is 6.89. The maximum absolute atomic E-state index is 12.5. The predicted octanol–water partition coefficient (Wildman–Crippen LogP) is 2.69. The number of hydrogen-bond donors (Lipinski definition) is 1. The van der Waals surface area contributed by atoms with Crippen molar-refractivity contribution in [1.82, 2.24) is 0 Å². The molecule has 2 aromatic carbocycles. The van der Waals surface area contributed by atoms with Crippen molar-refractivity contribution >= 4 is 31.3 Å². The zero-order valence-corrected chi connectivity index (χ0v) is 14.4. The molecule has 0 aliphatic heterocycles. The molecular weight excluding hydrogens is 376 g/mol. The van der Waals surface area contributed by atoms with E-state index in [-0.39, 0.29) is 16.4 Å². The van der Waals surface area contributed by atoms with Gasteiger partial charge in [0.05, 0.1) is 9.79 Å². The van der Waals surface area contributed by atoms with Crippen LogP contribution in [0.1, 0.15) is 17.3 Å². The first-order chi connectivity index (χ1) is 11.5. The molecule has 0 atom stereocenters. The number of carbonyl (C=O) groups excluding carboxylic acids is 1. The molecule has 10 heteroatoms. The highest BCUT2D eigenvalue weighted by Crippen LogP contribution is 2.22. The highest BCUT2D eigenvalue weighted by Gasteiger charge is 2.26. The summed E-state index contributed by atoms with van der Waals surface area (Å²) >= 11 is 0. The number of anilines is 1. The molecule has 6 nitrogen and oxygen atoms in total. The number of ketones is 1. The van der Waals surface area contributed by atoms with Crippen molar-refractivity contribution < 1.29 is 30.4 Å². The molecule has 0 aromatic heterocycles. The van der Waals surface area contributed by atoms with Crippen molar-refractivity contribution in [3.05, 3.63) is 54.1 Å². The van der Waals surface area contributed by atoms with Gasteiger partial charge in [0.2, 0.25) is 9.84 Å². The topological polar surface area (TPSA) is 97.4 Å². The van der Waals surface area contributed by atoms with E-state index in [4.69, 9.17) is 0 Å². The second-order valence-corrected chi connectivity index (χ2v) is 8.62. The first-order valence-corrected chi connectivity index (χ1v) is 9.83. The van der Waals surface area contributed by atoms with E-state index in [1.165, 1.54) is 31.2 Å². The zero-order chi connectivity index (χ0) is 18.8. The van der Waals surface area contributed by atoms with Crippen molar-refractivity contribution in [2.75, 3.05) is 4.72 Å². The van der Waals surface area contributed by atoms with E-state index in [9.17, 15) is 30.4 Å². The fourth-order valence-electron chi connectivity index (χ4n) is 1.90. The maximum atomic E-state index is 12.5. The molecule has 0 aliphatic rings. The van der Waals surface area contributed by atoms with Gasteiger partial charge in [-0.3, -0.25) is 9.52 Å². The number of alkyl halides is 2. The summed E-state index contributed by atoms with van der Waals surface area (Å²) in [5, 5.41) is 0. The SMILES string of the molecule is CC(=O)c1ccc(S(=O)(=O)Nc2ccc(S(=O)(=O)C(F)F)cc2)cc1. The summed E-state index contributed by atoms with van der Waals surface area (Å²) in [7, 11) is -8.72. The number of Topliss-reactive ketones (excluding diaryl/α,β-unsaturated/α-hetero) is 1. The lowest BCUT2D eigenvalue weighted by Crippen LogP contribution is -2.14. The van der Waals surface area contributed by atoms with Gasteiger partial charge in [-0.25, -0.2) is 16.8 Å². The normalized spacial score (nSPS) is 12.2. The third-order valence-corrected chi connectivity index (χ3v) is 6.04. The number of nitrogens with one attached hydrogen (secondary N) is 1. The predicted molar refractivity (Wildman–Crippen MR) is 86.9 cm³/mol. The van der Waals surface area contributed by atoms with E-state index in [0.717, 1.165) is 24.3 Å². The highest BCUT2D eigenvalue weighted by molar-refractivity contribution is 7.92. The van der Waals surface area contributed by atoms with Gasteiger partial charge in [0.1, 0.15) is 0 Å². The second-order valence-electron chi connectivity index (χ2n) is 5.02. The largest absolute Gasteiger partial charge is 0.341 e. The first-order valence-electron chi connectivity index (χ1n) is 6.80. The number of sulfone groups is 1. The lowest BCUT2D eigenvalue weighted by atomic mass is 10.2. The van der Waals surface area contributed by atoms with Crippen LogP contribution in [0.15, 0.2) is 58.3 Å². The molecule has 0 bridgehead atoms. The Morgan fingerprint density at radius 3 is 1.80 bits per heavy atom. The lowest BCUT2D eigenvalue weighted by Gasteiger charge is -2.09. The van der Waals surface area contributed by atoms with Gasteiger partial charge in [0.15, 0.2) is 5.78 Å². The van der Waals surface area contributed by atoms with Gasteiger partial charge in [-0.15, -0.1) is 0 Å². The smallest absolute Gasteiger partial charge is 0.295 e. The van der Waals surface area contributed by atoms with Crippen LogP contribution in [-0.4, -0.2) is 28.4 Å². The third-order valence-electron chi connectivity index (χ3n) is 3.24. The van der Waals surface area contributed by atoms with Crippen LogP contribution < -0.4 is 4.72 Å². The molecule has 0 saturated carbocycles. The number of carbonyl (C=O) groups is 1. The molecule has 0 radical (unpaired) electrons. The van der Waals surface area contributed by atoms with E-state index in [0.29, 0.717) is 5.56 Å². The molecule has 134 valence electrons. The molecule has 0 spiro atoms. The summed E-state index contributed by atoms with van der Waals surface area (Å²) in [6, 6.07) is 9.11. The molecule has 0 heterocycles. The van der Waals surface area contributed by atoms with Gasteiger partial charge in [-0.2, -0.15) is 8.78 Å². The minimum Gasteiger partial charge on any atom is -0.295 e. The molecule has 0 aliphatic carbocycles. The van der Waals surface area contributed by atoms with E-state index in [2.05, 4.69) is 4.72 Å². The zero-order valence-electron chi connectivity index (χ0n) is 12.8. The van der Waals surface area contributed by atoms with Gasteiger partial charge < -0.3 is 0 Å². The van der Waals surface area contributed by atoms with Crippen molar-refractivity contribution in [1.29, 1.82) is 0 Å². The average molecular weight is 389 g/mol. The Balaban J connectivity index is 2.25. The van der Waals surface area contributed by atoms with E-state index < -0.39 is 30.5 Å². The molecule has 0 unspecified atom stereocenters. The van der Waals surface area contributed by atoms with Gasteiger partial charge in [-0.05, 0) is 43.3 Å². The Labute approximate surface area is 143 Å². The van der Waals surface area contributed by atoms with Gasteiger partial charge >= 0.3 is 5.76 Å². The molecule has 0 fully saturated rings. The lowest BCUT2D eigenvalue weighted by molar-refractivity contribution is 0.101. The number of rotatable bonds is 6. The monoisotopic (exact) mass is 389 g/mol. The van der Waals surface area contributed by atoms with E-state index in [1.807, 2.05) is 0 Å². The van der Waals surface area contributed by atoms with Crippen LogP contribution in [0.2, 0.25) is 0 Å². The number of benzene rings is 2. The van der Waals surface area contributed by atoms with Gasteiger partial charge in [0, 0.05) is 11.3 Å². The summed E-state index contributed by atoms with van der Waals surface area (Å²) in [6.45, 7) is 1.34. The van der Waals surface area contributed by atoms with Crippen LogP contribution in [-0.2, 0) is 19.9 Å². The van der Waals surface area contributed by atoms with Crippen LogP contribution in [0, 0.1) is 0 Å². The van der Waals surface area contributed by atoms with Crippen LogP contribution >= 0.6 is 0 Å². The third kappa shape index (κ3) is 4.20. The first kappa shape index (κ1) is 19.0.